The second-order valence-corrected chi connectivity index (χ2v) is 6.83. The first kappa shape index (κ1) is 16.1. The summed E-state index contributed by atoms with van der Waals surface area (Å²) in [5.41, 5.74) is 1.71. The first-order chi connectivity index (χ1) is 11.3. The van der Waals surface area contributed by atoms with Gasteiger partial charge in [-0.25, -0.2) is 0 Å². The number of nitrogens with one attached hydrogen (secondary N) is 2. The molecule has 1 aliphatic carbocycles. The number of carbonyl (C=O) groups is 2. The number of amides is 1. The summed E-state index contributed by atoms with van der Waals surface area (Å²) in [4.78, 5) is 28.0. The van der Waals surface area contributed by atoms with E-state index in [-0.39, 0.29) is 22.6 Å². The highest BCUT2D eigenvalue weighted by Crippen LogP contribution is 2.36. The van der Waals surface area contributed by atoms with Gasteiger partial charge in [-0.15, -0.1) is 0 Å². The lowest BCUT2D eigenvalue weighted by atomic mass is 9.75. The van der Waals surface area contributed by atoms with Crippen LogP contribution >= 0.6 is 0 Å². The van der Waals surface area contributed by atoms with Gasteiger partial charge < -0.3 is 20.1 Å². The van der Waals surface area contributed by atoms with Crippen molar-refractivity contribution in [2.45, 2.75) is 26.7 Å². The van der Waals surface area contributed by atoms with Crippen molar-refractivity contribution < 1.29 is 19.4 Å². The average molecular weight is 328 g/mol. The van der Waals surface area contributed by atoms with Crippen LogP contribution in [0.1, 0.15) is 46.7 Å². The van der Waals surface area contributed by atoms with Crippen molar-refractivity contribution in [3.05, 3.63) is 41.2 Å². The van der Waals surface area contributed by atoms with E-state index in [0.717, 1.165) is 12.1 Å². The summed E-state index contributed by atoms with van der Waals surface area (Å²) < 4.78 is 5.01. The molecule has 0 radical (unpaired) electrons. The molecule has 0 bridgehead atoms. The van der Waals surface area contributed by atoms with E-state index in [0.29, 0.717) is 23.3 Å². The number of aromatic hydroxyl groups is 1. The molecule has 1 heterocycles. The predicted octanol–water partition coefficient (Wildman–Crippen LogP) is 3.14. The van der Waals surface area contributed by atoms with E-state index in [9.17, 15) is 14.7 Å². The van der Waals surface area contributed by atoms with Gasteiger partial charge in [0.15, 0.2) is 5.78 Å². The second kappa shape index (κ2) is 5.70. The Balaban J connectivity index is 1.88. The van der Waals surface area contributed by atoms with Crippen LogP contribution in [0.5, 0.6) is 11.5 Å². The number of anilines is 1. The zero-order chi connectivity index (χ0) is 17.5. The fraction of sp³-hybridized carbons (Fsp3) is 0.333. The first-order valence-electron chi connectivity index (χ1n) is 7.72. The number of carbonyl (C=O) groups excluding carboxylic acids is 2. The molecule has 1 aliphatic rings. The Bertz CT molecular complexity index is 820. The number of ketones is 1. The number of H-pyrrole nitrogens is 1. The maximum Gasteiger partial charge on any atom is 0.258 e. The minimum atomic E-state index is -0.430. The Labute approximate surface area is 139 Å². The van der Waals surface area contributed by atoms with Crippen molar-refractivity contribution in [2.24, 2.45) is 5.41 Å². The van der Waals surface area contributed by atoms with E-state index >= 15 is 0 Å². The van der Waals surface area contributed by atoms with Gasteiger partial charge >= 0.3 is 0 Å². The lowest BCUT2D eigenvalue weighted by molar-refractivity contribution is 0.0902. The molecule has 0 spiro atoms. The highest BCUT2D eigenvalue weighted by Gasteiger charge is 2.35. The van der Waals surface area contributed by atoms with E-state index in [1.54, 1.807) is 18.3 Å². The Hall–Kier alpha value is -2.76. The number of aromatic nitrogens is 1. The molecule has 1 amide bonds. The summed E-state index contributed by atoms with van der Waals surface area (Å²) in [5, 5.41) is 12.6. The molecule has 3 N–H and O–H groups in total. The molecule has 0 saturated carbocycles. The molecular formula is C18H20N2O4. The number of aromatic amines is 1. The average Bonchev–Trinajstić information content (AvgIpc) is 2.91. The fourth-order valence-corrected chi connectivity index (χ4v) is 3.10. The first-order valence-corrected chi connectivity index (χ1v) is 7.72. The van der Waals surface area contributed by atoms with E-state index in [1.165, 1.54) is 13.2 Å². The predicted molar refractivity (Wildman–Crippen MR) is 89.8 cm³/mol. The van der Waals surface area contributed by atoms with Crippen LogP contribution in [0, 0.1) is 5.41 Å². The number of fused-ring (bicyclic) bond motifs is 1. The molecule has 6 nitrogen and oxygen atoms in total. The molecule has 126 valence electrons. The summed E-state index contributed by atoms with van der Waals surface area (Å²) >= 11 is 0. The standard InChI is InChI=1S/C18H20N2O4/c1-18(2)7-13-16(15(22)8-18)11(9-19-13)17(23)20-12-5-4-10(24-3)6-14(12)21/h4-6,9,19,21H,7-8H2,1-3H3,(H,20,23). The Morgan fingerprint density at radius 1 is 1.33 bits per heavy atom. The van der Waals surface area contributed by atoms with Crippen LogP contribution in [0.4, 0.5) is 5.69 Å². The third-order valence-electron chi connectivity index (χ3n) is 4.23. The molecule has 2 aromatic rings. The summed E-state index contributed by atoms with van der Waals surface area (Å²) in [5.74, 6) is -0.0749. The van der Waals surface area contributed by atoms with Gasteiger partial charge in [0.2, 0.25) is 0 Å². The van der Waals surface area contributed by atoms with Gasteiger partial charge in [0, 0.05) is 24.4 Å². The third kappa shape index (κ3) is 2.87. The van der Waals surface area contributed by atoms with E-state index in [4.69, 9.17) is 4.74 Å². The number of benzene rings is 1. The Kier molecular flexibility index (Phi) is 3.83. The maximum atomic E-state index is 12.5. The summed E-state index contributed by atoms with van der Waals surface area (Å²) in [6.07, 6.45) is 2.68. The van der Waals surface area contributed by atoms with Crippen molar-refractivity contribution >= 4 is 17.4 Å². The normalized spacial score (nSPS) is 15.7. The molecule has 0 unspecified atom stereocenters. The van der Waals surface area contributed by atoms with Gasteiger partial charge in [0.25, 0.3) is 5.91 Å². The van der Waals surface area contributed by atoms with E-state index in [1.807, 2.05) is 13.8 Å². The van der Waals surface area contributed by atoms with Crippen LogP contribution in [0.2, 0.25) is 0 Å². The van der Waals surface area contributed by atoms with Crippen molar-refractivity contribution in [2.75, 3.05) is 12.4 Å². The monoisotopic (exact) mass is 328 g/mol. The van der Waals surface area contributed by atoms with E-state index < -0.39 is 5.91 Å². The molecular weight excluding hydrogens is 308 g/mol. The van der Waals surface area contributed by atoms with Crippen LogP contribution in [-0.4, -0.2) is 28.9 Å². The Morgan fingerprint density at radius 2 is 2.08 bits per heavy atom. The number of phenols is 1. The van der Waals surface area contributed by atoms with Crippen molar-refractivity contribution in [1.82, 2.24) is 4.98 Å². The Morgan fingerprint density at radius 3 is 2.75 bits per heavy atom. The van der Waals surface area contributed by atoms with Crippen molar-refractivity contribution in [1.29, 1.82) is 0 Å². The van der Waals surface area contributed by atoms with Gasteiger partial charge in [-0.3, -0.25) is 9.59 Å². The minimum absolute atomic E-state index is 0.0356. The maximum absolute atomic E-state index is 12.5. The van der Waals surface area contributed by atoms with Crippen molar-refractivity contribution in [3.8, 4) is 11.5 Å². The van der Waals surface area contributed by atoms with Gasteiger partial charge in [0.1, 0.15) is 11.5 Å². The zero-order valence-corrected chi connectivity index (χ0v) is 13.9. The summed E-state index contributed by atoms with van der Waals surface area (Å²) in [6.45, 7) is 4.06. The number of hydrogen-bond donors (Lipinski definition) is 3. The summed E-state index contributed by atoms with van der Waals surface area (Å²) in [6, 6.07) is 4.60. The molecule has 24 heavy (non-hydrogen) atoms. The lowest BCUT2D eigenvalue weighted by Gasteiger charge is -2.28. The van der Waals surface area contributed by atoms with Gasteiger partial charge in [-0.2, -0.15) is 0 Å². The van der Waals surface area contributed by atoms with E-state index in [2.05, 4.69) is 10.3 Å². The molecule has 0 atom stereocenters. The SMILES string of the molecule is COc1ccc(NC(=O)c2c[nH]c3c2C(=O)CC(C)(C)C3)c(O)c1. The number of phenolic OH excluding ortho intramolecular Hbond substituents is 1. The largest absolute Gasteiger partial charge is 0.506 e. The molecule has 0 aliphatic heterocycles. The molecule has 6 heteroatoms. The number of hydrogen-bond acceptors (Lipinski definition) is 4. The quantitative estimate of drug-likeness (QED) is 0.755. The van der Waals surface area contributed by atoms with Gasteiger partial charge in [0.05, 0.1) is 23.9 Å². The summed E-state index contributed by atoms with van der Waals surface area (Å²) in [7, 11) is 1.49. The lowest BCUT2D eigenvalue weighted by Crippen LogP contribution is -2.28. The smallest absolute Gasteiger partial charge is 0.258 e. The third-order valence-corrected chi connectivity index (χ3v) is 4.23. The van der Waals surface area contributed by atoms with Crippen LogP contribution in [0.3, 0.4) is 0 Å². The minimum Gasteiger partial charge on any atom is -0.506 e. The molecule has 0 saturated heterocycles. The zero-order valence-electron chi connectivity index (χ0n) is 13.9. The molecule has 1 aromatic carbocycles. The molecule has 3 rings (SSSR count). The van der Waals surface area contributed by atoms with Crippen LogP contribution in [0.15, 0.2) is 24.4 Å². The van der Waals surface area contributed by atoms with Gasteiger partial charge in [-0.1, -0.05) is 13.8 Å². The number of ether oxygens (including phenoxy) is 1. The highest BCUT2D eigenvalue weighted by molar-refractivity contribution is 6.14. The number of rotatable bonds is 3. The van der Waals surface area contributed by atoms with Crippen LogP contribution < -0.4 is 10.1 Å². The van der Waals surface area contributed by atoms with Crippen LogP contribution in [-0.2, 0) is 6.42 Å². The highest BCUT2D eigenvalue weighted by atomic mass is 16.5. The molecule has 1 aromatic heterocycles. The molecule has 0 fully saturated rings. The fourth-order valence-electron chi connectivity index (χ4n) is 3.10. The number of methoxy groups -OCH3 is 1. The topological polar surface area (TPSA) is 91.4 Å². The number of Topliss-reactive ketones (excluding diaryl/α,β-unsaturated/α-hetero) is 1. The van der Waals surface area contributed by atoms with Crippen molar-refractivity contribution in [3.63, 3.8) is 0 Å². The van der Waals surface area contributed by atoms with Gasteiger partial charge in [-0.05, 0) is 24.0 Å². The second-order valence-electron chi connectivity index (χ2n) is 6.83. The van der Waals surface area contributed by atoms with Crippen LogP contribution in [0.25, 0.3) is 0 Å².